The zero-order valence-electron chi connectivity index (χ0n) is 41.1. The molecule has 1 radical (unpaired) electrons. The summed E-state index contributed by atoms with van der Waals surface area (Å²) in [6, 6.07) is 35.6. The molecule has 0 saturated carbocycles. The smallest absolute Gasteiger partial charge is 0.744 e. The van der Waals surface area contributed by atoms with Gasteiger partial charge in [0.15, 0.2) is 11.4 Å². The van der Waals surface area contributed by atoms with E-state index in [-0.39, 0.29) is 72.1 Å². The monoisotopic (exact) mass is 1140 g/mol. The van der Waals surface area contributed by atoms with Crippen LogP contribution in [0, 0.1) is 0 Å². The number of nitrogens with one attached hydrogen (secondary N) is 2. The van der Waals surface area contributed by atoms with E-state index in [4.69, 9.17) is 0 Å². The fraction of sp³-hybridized carbons (Fsp3) is 0.130. The number of fused-ring (bicyclic) bond motifs is 2. The van der Waals surface area contributed by atoms with Crippen molar-refractivity contribution in [2.45, 2.75) is 23.6 Å². The summed E-state index contributed by atoms with van der Waals surface area (Å²) in [4.78, 5) is 45.5. The molecule has 0 spiro atoms. The molecule has 26 nitrogen and oxygen atoms in total. The van der Waals surface area contributed by atoms with Crippen molar-refractivity contribution in [3.05, 3.63) is 156 Å². The average molecular weight is 1140 g/mol. The Labute approximate surface area is 441 Å². The third-order valence-corrected chi connectivity index (χ3v) is 10.2. The molecule has 0 fully saturated rings. The van der Waals surface area contributed by atoms with Crippen LogP contribution in [0.5, 0.6) is 0 Å². The minimum atomic E-state index is -4.88. The molecule has 0 aliphatic carbocycles. The van der Waals surface area contributed by atoms with Gasteiger partial charge in [0, 0.05) is 50.3 Å². The van der Waals surface area contributed by atoms with Gasteiger partial charge in [0.1, 0.15) is 43.1 Å². The molecule has 0 aliphatic rings. The van der Waals surface area contributed by atoms with Gasteiger partial charge >= 0.3 is 17.1 Å². The Morgan fingerprint density at radius 3 is 1.01 bits per heavy atom. The van der Waals surface area contributed by atoms with Crippen LogP contribution < -0.4 is 10.6 Å². The van der Waals surface area contributed by atoms with E-state index < -0.39 is 64.8 Å². The van der Waals surface area contributed by atoms with Crippen molar-refractivity contribution in [3.8, 4) is 0 Å². The predicted octanol–water partition coefficient (Wildman–Crippen LogP) is 2.39. The third-order valence-electron chi connectivity index (χ3n) is 8.33. The molecule has 4 amide bonds. The zero-order valence-corrected chi connectivity index (χ0v) is 43.7. The Hall–Kier alpha value is -7.90. The van der Waals surface area contributed by atoms with E-state index in [9.17, 15) is 55.3 Å². The van der Waals surface area contributed by atoms with Gasteiger partial charge in [0.25, 0.3) is 11.8 Å². The van der Waals surface area contributed by atoms with Crippen LogP contribution in [0.3, 0.4) is 0 Å². The quantitative estimate of drug-likeness (QED) is 0.0261. The maximum Gasteiger partial charge on any atom is 2.00 e. The fourth-order valence-electron chi connectivity index (χ4n) is 5.34. The number of aliphatic hydroxyl groups is 2. The molecule has 22 N–H and O–H groups in total. The van der Waals surface area contributed by atoms with E-state index in [0.717, 1.165) is 12.8 Å². The topological polar surface area (TPSA) is 501 Å². The maximum absolute atomic E-state index is 12.4. The van der Waals surface area contributed by atoms with Crippen LogP contribution in [0.2, 0.25) is 0 Å². The second-order valence-electron chi connectivity index (χ2n) is 14.2. The molecule has 6 aromatic rings. The van der Waals surface area contributed by atoms with Gasteiger partial charge in [-0.15, -0.1) is 20.5 Å². The number of nitrogens with zero attached hydrogens (tertiary/aromatic N) is 6. The fourth-order valence-corrected chi connectivity index (χ4v) is 6.98. The zero-order chi connectivity index (χ0) is 50.6. The minimum absolute atomic E-state index is 0. The van der Waals surface area contributed by atoms with Crippen molar-refractivity contribution in [1.29, 1.82) is 0 Å². The predicted molar refractivity (Wildman–Crippen MR) is 282 cm³/mol. The SMILES string of the molecule is C/C(O)=C(\N=Nc1ccc2ccccc2c1S(=O)(=O)[O-])C(=O)Nc1ccccc1.C/C(O)=C(\N=Nc1ccc2ccccc2c1S(=O)(=O)[O-])C(=O)Nc1ccccc1.CN(C)C=O.CN(C)C=O.[Cu+2].[OH3+].[OH3+].[OH3+].[OH3+].[OH3+].[OH3+]. The molecule has 6 rings (SSSR count). The number of amides is 4. The maximum atomic E-state index is 12.4. The summed E-state index contributed by atoms with van der Waals surface area (Å²) in [5, 5.41) is 41.2. The van der Waals surface area contributed by atoms with E-state index in [1.807, 2.05) is 0 Å². The van der Waals surface area contributed by atoms with Crippen LogP contribution in [0.15, 0.2) is 187 Å². The van der Waals surface area contributed by atoms with Crippen molar-refractivity contribution in [1.82, 2.24) is 9.80 Å². The van der Waals surface area contributed by atoms with E-state index in [1.54, 1.807) is 137 Å². The van der Waals surface area contributed by atoms with Gasteiger partial charge in [-0.1, -0.05) is 97.1 Å². The van der Waals surface area contributed by atoms with Crippen LogP contribution in [0.1, 0.15) is 13.8 Å². The van der Waals surface area contributed by atoms with E-state index in [1.165, 1.54) is 47.9 Å². The Bertz CT molecular complexity index is 2890. The molecule has 0 aromatic heterocycles. The van der Waals surface area contributed by atoms with Crippen molar-refractivity contribution in [2.24, 2.45) is 20.5 Å². The second kappa shape index (κ2) is 36.1. The summed E-state index contributed by atoms with van der Waals surface area (Å²) < 4.78 is 70.9. The van der Waals surface area contributed by atoms with E-state index in [2.05, 4.69) is 31.1 Å². The molecular weight excluding hydrogens is 1080 g/mol. The largest absolute Gasteiger partial charge is 2.00 e. The number of carbonyl (C=O) groups is 4. The molecule has 0 atom stereocenters. The Morgan fingerprint density at radius 2 is 0.760 bits per heavy atom. The molecule has 0 heterocycles. The third kappa shape index (κ3) is 24.1. The average Bonchev–Trinajstić information content (AvgIpc) is 3.29. The molecule has 0 aliphatic heterocycles. The molecule has 6 aromatic carbocycles. The van der Waals surface area contributed by atoms with Gasteiger partial charge in [-0.3, -0.25) is 19.2 Å². The number of allylic oxidation sites excluding steroid dienone is 2. The second-order valence-corrected chi connectivity index (χ2v) is 16.9. The summed E-state index contributed by atoms with van der Waals surface area (Å²) in [5.74, 6) is -2.33. The van der Waals surface area contributed by atoms with Crippen LogP contribution in [-0.2, 0) is 89.3 Å². The summed E-state index contributed by atoms with van der Waals surface area (Å²) in [6.45, 7) is 2.48. The number of benzene rings is 6. The first kappa shape index (κ1) is 76.0. The number of para-hydroxylation sites is 2. The molecule has 0 saturated heterocycles. The summed E-state index contributed by atoms with van der Waals surface area (Å²) in [5.41, 5.74) is -0.359. The van der Waals surface area contributed by atoms with Crippen LogP contribution in [0.25, 0.3) is 21.5 Å². The van der Waals surface area contributed by atoms with Crippen molar-refractivity contribution >= 4 is 89.2 Å². The van der Waals surface area contributed by atoms with E-state index >= 15 is 0 Å². The first-order valence-corrected chi connectivity index (χ1v) is 22.4. The van der Waals surface area contributed by atoms with Crippen molar-refractivity contribution < 1.29 is 105 Å². The first-order chi connectivity index (χ1) is 32.1. The van der Waals surface area contributed by atoms with Gasteiger partial charge in [-0.25, -0.2) is 16.8 Å². The van der Waals surface area contributed by atoms with Gasteiger partial charge in [-0.05, 0) is 61.0 Å². The number of anilines is 2. The Morgan fingerprint density at radius 1 is 0.493 bits per heavy atom. The number of hydrogen-bond acceptors (Lipinski definition) is 16. The number of azo groups is 2. The number of carbonyl (C=O) groups excluding carboxylic acids is 4. The minimum Gasteiger partial charge on any atom is -0.744 e. The Kier molecular flexibility index (Phi) is 36.6. The summed E-state index contributed by atoms with van der Waals surface area (Å²) >= 11 is 0. The number of aliphatic hydroxyl groups excluding tert-OH is 2. The Balaban J connectivity index is -0.000000341. The number of rotatable bonds is 12. The van der Waals surface area contributed by atoms with Crippen LogP contribution in [-0.4, -0.2) is 98.8 Å². The molecule has 0 bridgehead atoms. The van der Waals surface area contributed by atoms with Gasteiger partial charge in [0.2, 0.25) is 12.8 Å². The van der Waals surface area contributed by atoms with Crippen LogP contribution in [0.4, 0.5) is 22.7 Å². The molecule has 29 heteroatoms. The molecular formula is C46H64CuN8O18S2+6. The van der Waals surface area contributed by atoms with Gasteiger partial charge < -0.3 is 72.6 Å². The molecule has 75 heavy (non-hydrogen) atoms. The van der Waals surface area contributed by atoms with E-state index in [0.29, 0.717) is 22.1 Å². The van der Waals surface area contributed by atoms with Crippen LogP contribution >= 0.6 is 0 Å². The summed E-state index contributed by atoms with van der Waals surface area (Å²) in [7, 11) is -3.01. The van der Waals surface area contributed by atoms with Crippen molar-refractivity contribution in [3.63, 3.8) is 0 Å². The first-order valence-electron chi connectivity index (χ1n) is 19.6. The standard InChI is InChI=1S/2C20H17N3O5S.2C3H7NO.Cu.6H2O/c2*1-13(24)18(20(25)21-15-8-3-2-4-9-15)23-22-17-12-11-14-7-5-6-10-16(14)19(17)29(26,27)28;2*1-4(2)3-5;;;;;;;/h2*2-12,24H,1H3,(H,21,25)(H,26,27,28);2*3H,1-2H3;;6*1H2/q;;;;+2;;;;;;/p+4/b2*18-13+,23-22?;;;;;;;;;. The molecule has 0 unspecified atom stereocenters. The van der Waals surface area contributed by atoms with Gasteiger partial charge in [-0.2, -0.15) is 0 Å². The normalized spacial score (nSPS) is 10.8. The van der Waals surface area contributed by atoms with Gasteiger partial charge in [0.05, 0.1) is 9.79 Å². The number of hydrogen-bond donors (Lipinski definition) is 4. The summed E-state index contributed by atoms with van der Waals surface area (Å²) in [6.07, 6.45) is 1.50. The van der Waals surface area contributed by atoms with Crippen molar-refractivity contribution in [2.75, 3.05) is 38.8 Å². The molecule has 413 valence electrons.